The van der Waals surface area contributed by atoms with Crippen LogP contribution >= 0.6 is 11.3 Å². The highest BCUT2D eigenvalue weighted by molar-refractivity contribution is 7.07. The van der Waals surface area contributed by atoms with E-state index in [4.69, 9.17) is 0 Å². The molecule has 0 saturated heterocycles. The monoisotopic (exact) mass is 303 g/mol. The molecule has 0 amide bonds. The molecule has 1 fully saturated rings. The number of hydrogen-bond donors (Lipinski definition) is 0. The number of halogens is 1. The molecule has 0 N–H and O–H groups in total. The van der Waals surface area contributed by atoms with Gasteiger partial charge in [-0.1, -0.05) is 0 Å². The minimum absolute atomic E-state index is 0.0668. The molecule has 0 aliphatic heterocycles. The van der Waals surface area contributed by atoms with Gasteiger partial charge in [-0.2, -0.15) is 11.3 Å². The van der Waals surface area contributed by atoms with Gasteiger partial charge in [0, 0.05) is 18.2 Å². The lowest BCUT2D eigenvalue weighted by Crippen LogP contribution is -2.40. The van der Waals surface area contributed by atoms with Crippen molar-refractivity contribution in [2.45, 2.75) is 38.4 Å². The number of carbonyl (C=O) groups excluding carboxylic acids is 1. The molecular formula is C17H18FNOS. The molecule has 2 nitrogen and oxygen atoms in total. The number of Topliss-reactive ketones (excluding diaryl/α,β-unsaturated/α-hetero) is 1. The van der Waals surface area contributed by atoms with E-state index in [1.807, 2.05) is 6.92 Å². The van der Waals surface area contributed by atoms with Gasteiger partial charge in [0.15, 0.2) is 5.78 Å². The average Bonchev–Trinajstić information content (AvgIpc) is 3.20. The molecule has 0 radical (unpaired) electrons. The van der Waals surface area contributed by atoms with E-state index >= 15 is 0 Å². The van der Waals surface area contributed by atoms with Crippen molar-refractivity contribution in [3.8, 4) is 0 Å². The van der Waals surface area contributed by atoms with Crippen LogP contribution in [0.15, 0.2) is 41.1 Å². The van der Waals surface area contributed by atoms with Crippen LogP contribution in [0, 0.1) is 5.82 Å². The van der Waals surface area contributed by atoms with E-state index in [0.717, 1.165) is 19.4 Å². The number of thiophene rings is 1. The maximum Gasteiger partial charge on any atom is 0.179 e. The van der Waals surface area contributed by atoms with E-state index in [1.165, 1.54) is 17.7 Å². The number of carbonyl (C=O) groups is 1. The highest BCUT2D eigenvalue weighted by Gasteiger charge is 2.35. The third kappa shape index (κ3) is 3.39. The van der Waals surface area contributed by atoms with Crippen LogP contribution < -0.4 is 0 Å². The number of nitrogens with zero attached hydrogens (tertiary/aromatic N) is 1. The summed E-state index contributed by atoms with van der Waals surface area (Å²) in [6, 6.07) is 8.27. The van der Waals surface area contributed by atoms with Gasteiger partial charge < -0.3 is 0 Å². The molecular weight excluding hydrogens is 285 g/mol. The molecule has 1 aliphatic rings. The van der Waals surface area contributed by atoms with Crippen LogP contribution in [0.2, 0.25) is 0 Å². The largest absolute Gasteiger partial charge is 0.292 e. The fraction of sp³-hybridized carbons (Fsp3) is 0.353. The Kier molecular flexibility index (Phi) is 4.17. The van der Waals surface area contributed by atoms with Gasteiger partial charge in [-0.3, -0.25) is 9.69 Å². The van der Waals surface area contributed by atoms with Gasteiger partial charge in [-0.15, -0.1) is 0 Å². The zero-order chi connectivity index (χ0) is 14.8. The molecule has 1 atom stereocenters. The van der Waals surface area contributed by atoms with E-state index in [-0.39, 0.29) is 17.6 Å². The Morgan fingerprint density at radius 3 is 2.62 bits per heavy atom. The molecule has 110 valence electrons. The highest BCUT2D eigenvalue weighted by Crippen LogP contribution is 2.31. The van der Waals surface area contributed by atoms with Crippen LogP contribution in [0.1, 0.15) is 35.7 Å². The van der Waals surface area contributed by atoms with Crippen molar-refractivity contribution in [2.75, 3.05) is 0 Å². The minimum atomic E-state index is -0.309. The van der Waals surface area contributed by atoms with Gasteiger partial charge in [0.25, 0.3) is 0 Å². The van der Waals surface area contributed by atoms with Crippen LogP contribution in [0.3, 0.4) is 0 Å². The maximum atomic E-state index is 13.0. The second-order valence-corrected chi connectivity index (χ2v) is 6.36. The van der Waals surface area contributed by atoms with Crippen molar-refractivity contribution in [3.63, 3.8) is 0 Å². The summed E-state index contributed by atoms with van der Waals surface area (Å²) >= 11 is 1.68. The first-order chi connectivity index (χ1) is 10.1. The Bertz CT molecular complexity index is 604. The third-order valence-corrected chi connectivity index (χ3v) is 4.70. The van der Waals surface area contributed by atoms with Crippen molar-refractivity contribution in [2.24, 2.45) is 0 Å². The van der Waals surface area contributed by atoms with E-state index in [9.17, 15) is 9.18 Å². The Morgan fingerprint density at radius 2 is 2.05 bits per heavy atom. The zero-order valence-corrected chi connectivity index (χ0v) is 12.8. The summed E-state index contributed by atoms with van der Waals surface area (Å²) in [7, 11) is 0. The van der Waals surface area contributed by atoms with Gasteiger partial charge in [0.2, 0.25) is 0 Å². The van der Waals surface area contributed by atoms with E-state index in [1.54, 1.807) is 23.5 Å². The lowest BCUT2D eigenvalue weighted by Gasteiger charge is -2.28. The summed E-state index contributed by atoms with van der Waals surface area (Å²) in [5.41, 5.74) is 1.84. The van der Waals surface area contributed by atoms with Crippen molar-refractivity contribution in [3.05, 3.63) is 58.0 Å². The smallest absolute Gasteiger partial charge is 0.179 e. The fourth-order valence-electron chi connectivity index (χ4n) is 2.59. The summed E-state index contributed by atoms with van der Waals surface area (Å²) in [4.78, 5) is 14.9. The lowest BCUT2D eigenvalue weighted by atomic mass is 10.0. The van der Waals surface area contributed by atoms with E-state index < -0.39 is 0 Å². The summed E-state index contributed by atoms with van der Waals surface area (Å²) in [5, 5.41) is 4.19. The first kappa shape index (κ1) is 14.4. The first-order valence-electron chi connectivity index (χ1n) is 7.22. The minimum Gasteiger partial charge on any atom is -0.292 e. The molecule has 1 unspecified atom stereocenters. The van der Waals surface area contributed by atoms with E-state index in [0.29, 0.717) is 11.6 Å². The molecule has 0 spiro atoms. The van der Waals surface area contributed by atoms with Crippen LogP contribution in [0.4, 0.5) is 4.39 Å². The molecule has 3 rings (SSSR count). The van der Waals surface area contributed by atoms with Gasteiger partial charge in [0.05, 0.1) is 6.04 Å². The predicted octanol–water partition coefficient (Wildman–Crippen LogP) is 4.12. The Hall–Kier alpha value is -1.52. The Morgan fingerprint density at radius 1 is 1.33 bits per heavy atom. The number of hydrogen-bond acceptors (Lipinski definition) is 3. The topological polar surface area (TPSA) is 20.3 Å². The molecule has 21 heavy (non-hydrogen) atoms. The fourth-order valence-corrected chi connectivity index (χ4v) is 3.25. The molecule has 4 heteroatoms. The van der Waals surface area contributed by atoms with Crippen LogP contribution in [-0.4, -0.2) is 22.8 Å². The number of rotatable bonds is 6. The quantitative estimate of drug-likeness (QED) is 0.748. The second-order valence-electron chi connectivity index (χ2n) is 5.58. The summed E-state index contributed by atoms with van der Waals surface area (Å²) in [6.45, 7) is 2.76. The second kappa shape index (κ2) is 6.08. The molecule has 1 aromatic heterocycles. The molecule has 1 saturated carbocycles. The Labute approximate surface area is 128 Å². The maximum absolute atomic E-state index is 13.0. The van der Waals surface area contributed by atoms with Crippen molar-refractivity contribution < 1.29 is 9.18 Å². The van der Waals surface area contributed by atoms with Gasteiger partial charge >= 0.3 is 0 Å². The first-order valence-corrected chi connectivity index (χ1v) is 8.16. The van der Waals surface area contributed by atoms with Gasteiger partial charge in [-0.25, -0.2) is 4.39 Å². The standard InChI is InChI=1S/C17H18FNOS/c1-12(17(20)14-2-4-15(18)5-3-14)19(16-6-7-16)10-13-8-9-21-11-13/h2-5,8-9,11-12,16H,6-7,10H2,1H3. The SMILES string of the molecule is CC(C(=O)c1ccc(F)cc1)N(Cc1ccsc1)C1CC1. The molecule has 1 heterocycles. The van der Waals surface area contributed by atoms with Crippen molar-refractivity contribution >= 4 is 17.1 Å². The number of benzene rings is 1. The summed E-state index contributed by atoms with van der Waals surface area (Å²) in [5.74, 6) is -0.242. The third-order valence-electron chi connectivity index (χ3n) is 3.97. The van der Waals surface area contributed by atoms with Crippen molar-refractivity contribution in [1.29, 1.82) is 0 Å². The van der Waals surface area contributed by atoms with Crippen LogP contribution in [-0.2, 0) is 6.54 Å². The van der Waals surface area contributed by atoms with E-state index in [2.05, 4.69) is 21.7 Å². The Balaban J connectivity index is 1.75. The highest BCUT2D eigenvalue weighted by atomic mass is 32.1. The molecule has 0 bridgehead atoms. The lowest BCUT2D eigenvalue weighted by molar-refractivity contribution is 0.0815. The summed E-state index contributed by atoms with van der Waals surface area (Å²) in [6.07, 6.45) is 2.32. The average molecular weight is 303 g/mol. The molecule has 1 aliphatic carbocycles. The molecule has 1 aromatic carbocycles. The predicted molar refractivity (Wildman–Crippen MR) is 83.1 cm³/mol. The van der Waals surface area contributed by atoms with Crippen LogP contribution in [0.5, 0.6) is 0 Å². The number of ketones is 1. The summed E-state index contributed by atoms with van der Waals surface area (Å²) < 4.78 is 13.0. The van der Waals surface area contributed by atoms with Crippen LogP contribution in [0.25, 0.3) is 0 Å². The zero-order valence-electron chi connectivity index (χ0n) is 12.0. The van der Waals surface area contributed by atoms with Gasteiger partial charge in [-0.05, 0) is 66.4 Å². The normalized spacial score (nSPS) is 16.1. The van der Waals surface area contributed by atoms with Gasteiger partial charge in [0.1, 0.15) is 5.82 Å². The molecule has 2 aromatic rings. The van der Waals surface area contributed by atoms with Crippen molar-refractivity contribution in [1.82, 2.24) is 4.90 Å².